The van der Waals surface area contributed by atoms with Crippen molar-refractivity contribution in [1.29, 1.82) is 0 Å². The third kappa shape index (κ3) is 8.99. The first kappa shape index (κ1) is 34.3. The van der Waals surface area contributed by atoms with Crippen molar-refractivity contribution in [2.75, 3.05) is 26.3 Å². The summed E-state index contributed by atoms with van der Waals surface area (Å²) in [6.07, 6.45) is 6.72. The van der Waals surface area contributed by atoms with Gasteiger partial charge in [-0.25, -0.2) is 13.6 Å². The summed E-state index contributed by atoms with van der Waals surface area (Å²) in [5.74, 6) is 0.0108. The van der Waals surface area contributed by atoms with Gasteiger partial charge in [0.05, 0.1) is 22.2 Å². The van der Waals surface area contributed by atoms with Crippen molar-refractivity contribution in [1.82, 2.24) is 19.4 Å². The number of H-pyrrole nitrogens is 1. The summed E-state index contributed by atoms with van der Waals surface area (Å²) in [6.45, 7) is 7.02. The summed E-state index contributed by atoms with van der Waals surface area (Å²) in [5, 5.41) is 0.695. The van der Waals surface area contributed by atoms with Crippen LogP contribution >= 0.6 is 11.6 Å². The van der Waals surface area contributed by atoms with E-state index in [0.717, 1.165) is 49.7 Å². The number of hydrogen-bond donors (Lipinski definition) is 3. The van der Waals surface area contributed by atoms with Gasteiger partial charge < -0.3 is 16.5 Å². The highest BCUT2D eigenvalue weighted by Crippen LogP contribution is 2.32. The number of benzene rings is 2. The molecule has 2 aromatic carbocycles. The fourth-order valence-corrected chi connectivity index (χ4v) is 5.93. The Morgan fingerprint density at radius 2 is 1.91 bits per heavy atom. The van der Waals surface area contributed by atoms with E-state index in [2.05, 4.69) is 26.8 Å². The molecule has 4 aromatic rings. The van der Waals surface area contributed by atoms with Crippen LogP contribution in [0.3, 0.4) is 0 Å². The third-order valence-corrected chi connectivity index (χ3v) is 8.18. The maximum absolute atomic E-state index is 15.2. The molecule has 0 amide bonds. The van der Waals surface area contributed by atoms with Crippen molar-refractivity contribution in [2.24, 2.45) is 16.5 Å². The molecule has 0 radical (unpaired) electrons. The molecule has 8 nitrogen and oxygen atoms in total. The Morgan fingerprint density at radius 3 is 2.58 bits per heavy atom. The number of fused-ring (bicyclic) bond motifs is 1. The summed E-state index contributed by atoms with van der Waals surface area (Å²) in [4.78, 5) is 26.9. The van der Waals surface area contributed by atoms with Crippen LogP contribution in [0.15, 0.2) is 58.4 Å². The summed E-state index contributed by atoms with van der Waals surface area (Å²) < 4.78 is 30.2. The first-order chi connectivity index (χ1) is 21.6. The topological polar surface area (TPSA) is 118 Å². The van der Waals surface area contributed by atoms with E-state index in [1.807, 2.05) is 31.2 Å². The van der Waals surface area contributed by atoms with Gasteiger partial charge in [0, 0.05) is 48.9 Å². The van der Waals surface area contributed by atoms with Gasteiger partial charge in [-0.1, -0.05) is 37.1 Å². The van der Waals surface area contributed by atoms with Crippen LogP contribution in [-0.4, -0.2) is 57.6 Å². The van der Waals surface area contributed by atoms with Crippen LogP contribution in [0.4, 0.5) is 8.78 Å². The van der Waals surface area contributed by atoms with E-state index < -0.39 is 18.2 Å². The molecule has 0 fully saturated rings. The third-order valence-electron chi connectivity index (χ3n) is 7.91. The number of nitrogens with two attached hydrogens (primary N) is 2. The first-order valence-electron chi connectivity index (χ1n) is 15.6. The number of aliphatic imine (C=N–C) groups is 1. The quantitative estimate of drug-likeness (QED) is 0.0714. The average molecular weight is 640 g/mol. The molecule has 4 rings (SSSR count). The molecule has 2 aromatic heterocycles. The van der Waals surface area contributed by atoms with Gasteiger partial charge >= 0.3 is 5.69 Å². The molecule has 0 aliphatic heterocycles. The van der Waals surface area contributed by atoms with Gasteiger partial charge in [-0.05, 0) is 87.4 Å². The Kier molecular flexibility index (Phi) is 12.3. The van der Waals surface area contributed by atoms with Crippen molar-refractivity contribution < 1.29 is 8.78 Å². The zero-order valence-corrected chi connectivity index (χ0v) is 27.1. The second-order valence-corrected chi connectivity index (χ2v) is 12.1. The van der Waals surface area contributed by atoms with Crippen LogP contribution in [0.1, 0.15) is 70.0 Å². The predicted molar refractivity (Wildman–Crippen MR) is 181 cm³/mol. The van der Waals surface area contributed by atoms with Crippen LogP contribution < -0.4 is 17.2 Å². The Labute approximate surface area is 268 Å². The highest BCUT2D eigenvalue weighted by Gasteiger charge is 2.20. The lowest BCUT2D eigenvalue weighted by molar-refractivity contribution is 0.171. The summed E-state index contributed by atoms with van der Waals surface area (Å²) in [5.41, 5.74) is 14.8. The van der Waals surface area contributed by atoms with Gasteiger partial charge in [-0.3, -0.25) is 14.5 Å². The highest BCUT2D eigenvalue weighted by molar-refractivity contribution is 6.31. The maximum Gasteiger partial charge on any atom is 0.354 e. The molecule has 5 N–H and O–H groups in total. The molecular weight excluding hydrogens is 596 g/mol. The monoisotopic (exact) mass is 639 g/mol. The number of aromatic nitrogens is 3. The fraction of sp³-hybridized carbons (Fsp3) is 0.441. The number of halogens is 3. The van der Waals surface area contributed by atoms with Crippen LogP contribution in [0.5, 0.6) is 0 Å². The van der Waals surface area contributed by atoms with E-state index in [0.29, 0.717) is 53.4 Å². The average Bonchev–Trinajstić information content (AvgIpc) is 3.41. The minimum Gasteiger partial charge on any atom is -0.388 e. The minimum absolute atomic E-state index is 0.0310. The normalized spacial score (nSPS) is 13.6. The van der Waals surface area contributed by atoms with Gasteiger partial charge in [0.2, 0.25) is 0 Å². The number of nitrogens with one attached hydrogen (secondary N) is 1. The molecule has 45 heavy (non-hydrogen) atoms. The molecule has 0 spiro atoms. The SMILES string of the molecule is CCCC(c1ccc(-n2cc3cc(-c4cc(CCCC(C)N)cc(Cl)c4F)[nH]c3nc2=O)cc1)N(CCF)CCCN=C(C)N. The lowest BCUT2D eigenvalue weighted by Gasteiger charge is -2.31. The number of rotatable bonds is 16. The number of aromatic amines is 1. The van der Waals surface area contributed by atoms with Crippen LogP contribution in [0.2, 0.25) is 5.02 Å². The molecule has 2 heterocycles. The molecule has 0 saturated carbocycles. The zero-order chi connectivity index (χ0) is 32.5. The summed E-state index contributed by atoms with van der Waals surface area (Å²) in [6, 6.07) is 13.0. The van der Waals surface area contributed by atoms with Crippen molar-refractivity contribution in [3.05, 3.63) is 81.1 Å². The van der Waals surface area contributed by atoms with E-state index in [1.54, 1.807) is 31.3 Å². The van der Waals surface area contributed by atoms with Gasteiger partial charge in [0.1, 0.15) is 12.3 Å². The zero-order valence-electron chi connectivity index (χ0n) is 26.3. The minimum atomic E-state index is -0.532. The fourth-order valence-electron chi connectivity index (χ4n) is 5.69. The molecule has 0 bridgehead atoms. The molecular formula is C34H44ClF2N7O. The molecule has 0 saturated heterocycles. The summed E-state index contributed by atoms with van der Waals surface area (Å²) >= 11 is 6.26. The van der Waals surface area contributed by atoms with Crippen LogP contribution in [0.25, 0.3) is 28.0 Å². The number of aryl methyl sites for hydroxylation is 1. The van der Waals surface area contributed by atoms with E-state index in [4.69, 9.17) is 23.1 Å². The second-order valence-electron chi connectivity index (χ2n) is 11.7. The predicted octanol–water partition coefficient (Wildman–Crippen LogP) is 6.72. The van der Waals surface area contributed by atoms with Crippen LogP contribution in [-0.2, 0) is 6.42 Å². The highest BCUT2D eigenvalue weighted by atomic mass is 35.5. The lowest BCUT2D eigenvalue weighted by atomic mass is 9.99. The smallest absolute Gasteiger partial charge is 0.354 e. The lowest BCUT2D eigenvalue weighted by Crippen LogP contribution is -2.32. The van der Waals surface area contributed by atoms with Crippen LogP contribution in [0, 0.1) is 5.82 Å². The van der Waals surface area contributed by atoms with E-state index in [-0.39, 0.29) is 17.1 Å². The van der Waals surface area contributed by atoms with Gasteiger partial charge in [-0.15, -0.1) is 0 Å². The number of hydrogen-bond acceptors (Lipinski definition) is 5. The molecule has 0 aliphatic rings. The van der Waals surface area contributed by atoms with Crippen molar-refractivity contribution in [3.63, 3.8) is 0 Å². The Hall–Kier alpha value is -3.60. The van der Waals surface area contributed by atoms with Gasteiger partial charge in [-0.2, -0.15) is 4.98 Å². The largest absolute Gasteiger partial charge is 0.388 e. The van der Waals surface area contributed by atoms with E-state index >= 15 is 4.39 Å². The maximum atomic E-state index is 15.2. The number of amidine groups is 1. The standard InChI is InChI=1S/C34H44ClF2N7O/c1-4-7-31(43(17-14-36)16-6-15-40-23(3)39)25-10-12-27(13-11-25)44-21-26-20-30(41-33(26)42-34(44)45)28-18-24(9-5-8-22(2)38)19-29(35)32(28)37/h10-13,18-22,31H,4-9,14-17,38H2,1-3H3,(H2,39,40)(H,41,42,45). The number of alkyl halides is 1. The summed E-state index contributed by atoms with van der Waals surface area (Å²) in [7, 11) is 0. The molecule has 0 aliphatic carbocycles. The Balaban J connectivity index is 1.60. The molecule has 11 heteroatoms. The van der Waals surface area contributed by atoms with Crippen molar-refractivity contribution in [3.8, 4) is 16.9 Å². The van der Waals surface area contributed by atoms with E-state index in [9.17, 15) is 9.18 Å². The number of nitrogens with zero attached hydrogens (tertiary/aromatic N) is 4. The Morgan fingerprint density at radius 1 is 1.16 bits per heavy atom. The van der Waals surface area contributed by atoms with E-state index in [1.165, 1.54) is 4.57 Å². The van der Waals surface area contributed by atoms with Crippen molar-refractivity contribution in [2.45, 2.75) is 71.4 Å². The molecule has 242 valence electrons. The second kappa shape index (κ2) is 16.1. The van der Waals surface area contributed by atoms with Gasteiger partial charge in [0.25, 0.3) is 0 Å². The Bertz CT molecular complexity index is 1650. The van der Waals surface area contributed by atoms with Crippen molar-refractivity contribution >= 4 is 28.5 Å². The molecule has 2 unspecified atom stereocenters. The van der Waals surface area contributed by atoms with Gasteiger partial charge in [0.15, 0.2) is 5.82 Å². The first-order valence-corrected chi connectivity index (χ1v) is 16.0. The molecule has 2 atom stereocenters.